The van der Waals surface area contributed by atoms with Crippen molar-refractivity contribution in [2.75, 3.05) is 6.26 Å². The minimum absolute atomic E-state index is 0.545. The Hall–Kier alpha value is -1.50. The summed E-state index contributed by atoms with van der Waals surface area (Å²) in [6, 6.07) is 7.16. The van der Waals surface area contributed by atoms with Crippen molar-refractivity contribution in [1.82, 2.24) is 10.4 Å². The summed E-state index contributed by atoms with van der Waals surface area (Å²) in [4.78, 5) is 4.19. The van der Waals surface area contributed by atoms with E-state index in [1.54, 1.807) is 26.2 Å². The molecule has 1 atom stereocenters. The van der Waals surface area contributed by atoms with Gasteiger partial charge in [0, 0.05) is 24.0 Å². The number of nitrogens with two attached hydrogens (primary N) is 1. The van der Waals surface area contributed by atoms with E-state index in [0.29, 0.717) is 0 Å². The molecular formula is C14H19N3O2S. The van der Waals surface area contributed by atoms with Crippen molar-refractivity contribution in [3.63, 3.8) is 0 Å². The van der Waals surface area contributed by atoms with Crippen LogP contribution in [0, 0.1) is 0 Å². The SMILES string of the molecule is CC(C)(C(NN)c1cncc2ccccc12)S(C)(=O)=O. The van der Waals surface area contributed by atoms with E-state index < -0.39 is 20.6 Å². The van der Waals surface area contributed by atoms with Gasteiger partial charge in [-0.2, -0.15) is 0 Å². The molecule has 0 bridgehead atoms. The smallest absolute Gasteiger partial charge is 0.154 e. The Labute approximate surface area is 119 Å². The number of pyridine rings is 1. The van der Waals surface area contributed by atoms with Crippen LogP contribution in [-0.4, -0.2) is 24.4 Å². The van der Waals surface area contributed by atoms with E-state index in [2.05, 4.69) is 10.4 Å². The van der Waals surface area contributed by atoms with E-state index in [0.717, 1.165) is 16.3 Å². The second kappa shape index (κ2) is 5.12. The van der Waals surface area contributed by atoms with E-state index in [1.807, 2.05) is 24.3 Å². The first-order valence-corrected chi connectivity index (χ1v) is 8.16. The lowest BCUT2D eigenvalue weighted by Gasteiger charge is -2.32. The maximum atomic E-state index is 12.0. The summed E-state index contributed by atoms with van der Waals surface area (Å²) in [6.07, 6.45) is 4.63. The highest BCUT2D eigenvalue weighted by atomic mass is 32.2. The van der Waals surface area contributed by atoms with Gasteiger partial charge in [0.05, 0.1) is 10.8 Å². The first-order valence-electron chi connectivity index (χ1n) is 6.27. The maximum Gasteiger partial charge on any atom is 0.154 e. The van der Waals surface area contributed by atoms with E-state index in [-0.39, 0.29) is 0 Å². The van der Waals surface area contributed by atoms with Crippen LogP contribution in [-0.2, 0) is 9.84 Å². The van der Waals surface area contributed by atoms with E-state index in [1.165, 1.54) is 6.26 Å². The predicted octanol–water partition coefficient (Wildman–Crippen LogP) is 1.56. The fraction of sp³-hybridized carbons (Fsp3) is 0.357. The van der Waals surface area contributed by atoms with Crippen molar-refractivity contribution in [1.29, 1.82) is 0 Å². The molecule has 3 N–H and O–H groups in total. The largest absolute Gasteiger partial charge is 0.271 e. The molecule has 0 fully saturated rings. The fourth-order valence-electron chi connectivity index (χ4n) is 2.25. The van der Waals surface area contributed by atoms with Crippen LogP contribution in [0.15, 0.2) is 36.7 Å². The van der Waals surface area contributed by atoms with Crippen LogP contribution in [0.5, 0.6) is 0 Å². The summed E-state index contributed by atoms with van der Waals surface area (Å²) in [5, 5.41) is 1.90. The molecule has 1 unspecified atom stereocenters. The second-order valence-corrected chi connectivity index (χ2v) is 8.02. The molecule has 0 saturated carbocycles. The van der Waals surface area contributed by atoms with Gasteiger partial charge in [-0.15, -0.1) is 0 Å². The summed E-state index contributed by atoms with van der Waals surface area (Å²) >= 11 is 0. The highest BCUT2D eigenvalue weighted by molar-refractivity contribution is 7.92. The van der Waals surface area contributed by atoms with Crippen LogP contribution >= 0.6 is 0 Å². The lowest BCUT2D eigenvalue weighted by Crippen LogP contribution is -2.47. The van der Waals surface area contributed by atoms with Crippen molar-refractivity contribution < 1.29 is 8.42 Å². The van der Waals surface area contributed by atoms with Crippen LogP contribution in [0.25, 0.3) is 10.8 Å². The standard InChI is InChI=1S/C14H19N3O2S/c1-14(2,20(3,18)19)13(17-15)12-9-16-8-10-6-4-5-7-11(10)12/h4-9,13,17H,15H2,1-3H3. The average molecular weight is 293 g/mol. The number of fused-ring (bicyclic) bond motifs is 1. The topological polar surface area (TPSA) is 85.1 Å². The Morgan fingerprint density at radius 3 is 2.50 bits per heavy atom. The molecule has 0 spiro atoms. The highest BCUT2D eigenvalue weighted by Crippen LogP contribution is 2.34. The van der Waals surface area contributed by atoms with Gasteiger partial charge in [-0.3, -0.25) is 16.3 Å². The number of nitrogens with one attached hydrogen (secondary N) is 1. The number of nitrogens with zero attached hydrogens (tertiary/aromatic N) is 1. The molecule has 2 rings (SSSR count). The predicted molar refractivity (Wildman–Crippen MR) is 80.7 cm³/mol. The highest BCUT2D eigenvalue weighted by Gasteiger charge is 2.40. The van der Waals surface area contributed by atoms with Gasteiger partial charge in [-0.25, -0.2) is 8.42 Å². The molecule has 6 heteroatoms. The number of sulfone groups is 1. The van der Waals surface area contributed by atoms with Gasteiger partial charge >= 0.3 is 0 Å². The van der Waals surface area contributed by atoms with E-state index in [9.17, 15) is 8.42 Å². The Kier molecular flexibility index (Phi) is 3.82. The number of hydrazine groups is 1. The normalized spacial score (nSPS) is 14.4. The second-order valence-electron chi connectivity index (χ2n) is 5.43. The minimum atomic E-state index is -3.30. The monoisotopic (exact) mass is 293 g/mol. The molecule has 108 valence electrons. The number of hydrogen-bond acceptors (Lipinski definition) is 5. The summed E-state index contributed by atoms with van der Waals surface area (Å²) in [6.45, 7) is 3.32. The zero-order chi connectivity index (χ0) is 15.0. The van der Waals surface area contributed by atoms with Gasteiger partial charge in [-0.1, -0.05) is 24.3 Å². The van der Waals surface area contributed by atoms with Crippen LogP contribution in [0.2, 0.25) is 0 Å². The Morgan fingerprint density at radius 2 is 1.90 bits per heavy atom. The van der Waals surface area contributed by atoms with E-state index in [4.69, 9.17) is 5.84 Å². The third-order valence-corrected chi connectivity index (χ3v) is 5.97. The lowest BCUT2D eigenvalue weighted by molar-refractivity contribution is 0.429. The van der Waals surface area contributed by atoms with Crippen LogP contribution in [0.1, 0.15) is 25.5 Å². The van der Waals surface area contributed by atoms with Gasteiger partial charge in [0.1, 0.15) is 0 Å². The molecule has 20 heavy (non-hydrogen) atoms. The molecule has 0 radical (unpaired) electrons. The Morgan fingerprint density at radius 1 is 1.25 bits per heavy atom. The zero-order valence-corrected chi connectivity index (χ0v) is 12.6. The van der Waals surface area contributed by atoms with Crippen LogP contribution in [0.4, 0.5) is 0 Å². The molecular weight excluding hydrogens is 274 g/mol. The van der Waals surface area contributed by atoms with Gasteiger partial charge in [-0.05, 0) is 24.8 Å². The Balaban J connectivity index is 2.68. The number of rotatable bonds is 4. The number of aromatic nitrogens is 1. The molecule has 5 nitrogen and oxygen atoms in total. The van der Waals surface area contributed by atoms with Crippen molar-refractivity contribution in [2.24, 2.45) is 5.84 Å². The Bertz CT molecular complexity index is 721. The van der Waals surface area contributed by atoms with Gasteiger partial charge in [0.25, 0.3) is 0 Å². The molecule has 0 aliphatic carbocycles. The molecule has 0 aliphatic heterocycles. The van der Waals surface area contributed by atoms with E-state index >= 15 is 0 Å². The lowest BCUT2D eigenvalue weighted by atomic mass is 9.93. The third kappa shape index (κ3) is 2.42. The summed E-state index contributed by atoms with van der Waals surface area (Å²) in [7, 11) is -3.30. The van der Waals surface area contributed by atoms with Gasteiger partial charge < -0.3 is 0 Å². The van der Waals surface area contributed by atoms with Crippen molar-refractivity contribution in [2.45, 2.75) is 24.6 Å². The van der Waals surface area contributed by atoms with Gasteiger partial charge in [0.2, 0.25) is 0 Å². The van der Waals surface area contributed by atoms with Crippen molar-refractivity contribution in [3.8, 4) is 0 Å². The maximum absolute atomic E-state index is 12.0. The molecule has 0 aliphatic rings. The number of hydrogen-bond donors (Lipinski definition) is 2. The summed E-state index contributed by atoms with van der Waals surface area (Å²) in [5.74, 6) is 5.64. The molecule has 0 amide bonds. The fourth-order valence-corrected chi connectivity index (χ4v) is 2.87. The zero-order valence-electron chi connectivity index (χ0n) is 11.8. The first kappa shape index (κ1) is 14.9. The van der Waals surface area contributed by atoms with Crippen LogP contribution < -0.4 is 11.3 Å². The molecule has 0 saturated heterocycles. The quantitative estimate of drug-likeness (QED) is 0.660. The number of benzene rings is 1. The first-order chi connectivity index (χ1) is 9.29. The van der Waals surface area contributed by atoms with Gasteiger partial charge in [0.15, 0.2) is 9.84 Å². The molecule has 2 aromatic rings. The van der Waals surface area contributed by atoms with Crippen molar-refractivity contribution >= 4 is 20.6 Å². The van der Waals surface area contributed by atoms with Crippen LogP contribution in [0.3, 0.4) is 0 Å². The minimum Gasteiger partial charge on any atom is -0.271 e. The third-order valence-electron chi connectivity index (χ3n) is 3.83. The molecule has 1 aromatic carbocycles. The summed E-state index contributed by atoms with van der Waals surface area (Å²) in [5.41, 5.74) is 3.42. The molecule has 1 aromatic heterocycles. The average Bonchev–Trinajstić information content (AvgIpc) is 2.38. The summed E-state index contributed by atoms with van der Waals surface area (Å²) < 4.78 is 23.0. The van der Waals surface area contributed by atoms with Crippen molar-refractivity contribution in [3.05, 3.63) is 42.2 Å². The molecule has 1 heterocycles.